The summed E-state index contributed by atoms with van der Waals surface area (Å²) in [6, 6.07) is 2.00. The molecule has 2 rings (SSSR count). The SMILES string of the molecule is CC(C(=O)O)N(C)C(=O)c1cc2cc(S(N)(=O)=O)sc2s1. The second-order valence-electron chi connectivity index (χ2n) is 4.39. The molecule has 10 heteroatoms. The maximum Gasteiger partial charge on any atom is 0.326 e. The maximum atomic E-state index is 12.2. The molecular formula is C11H12N2O5S3. The van der Waals surface area contributed by atoms with Crippen molar-refractivity contribution in [2.24, 2.45) is 5.14 Å². The largest absolute Gasteiger partial charge is 0.480 e. The van der Waals surface area contributed by atoms with E-state index in [9.17, 15) is 18.0 Å². The lowest BCUT2D eigenvalue weighted by Gasteiger charge is -2.20. The van der Waals surface area contributed by atoms with Gasteiger partial charge in [-0.05, 0) is 19.1 Å². The van der Waals surface area contributed by atoms with Gasteiger partial charge in [0, 0.05) is 12.4 Å². The van der Waals surface area contributed by atoms with E-state index in [0.29, 0.717) is 14.3 Å². The zero-order valence-corrected chi connectivity index (χ0v) is 13.5. The maximum absolute atomic E-state index is 12.2. The Balaban J connectivity index is 2.34. The standard InChI is InChI=1S/C11H12N2O5S3/c1-5(10(15)16)13(2)9(14)7-3-6-4-8(21(12,17)18)20-11(6)19-7/h3-5H,1-2H3,(H,15,16)(H2,12,17,18). The number of aliphatic carboxylic acids is 1. The van der Waals surface area contributed by atoms with E-state index in [2.05, 4.69) is 0 Å². The van der Waals surface area contributed by atoms with Crippen LogP contribution in [-0.2, 0) is 14.8 Å². The van der Waals surface area contributed by atoms with Crippen LogP contribution in [0.2, 0.25) is 0 Å². The second kappa shape index (κ2) is 5.37. The van der Waals surface area contributed by atoms with E-state index in [1.54, 1.807) is 6.07 Å². The molecule has 0 bridgehead atoms. The molecule has 1 atom stereocenters. The van der Waals surface area contributed by atoms with Crippen molar-refractivity contribution in [3.63, 3.8) is 0 Å². The number of thiophene rings is 2. The molecule has 21 heavy (non-hydrogen) atoms. The Bertz CT molecular complexity index is 789. The molecule has 0 aliphatic heterocycles. The fraction of sp³-hybridized carbons (Fsp3) is 0.273. The van der Waals surface area contributed by atoms with Gasteiger partial charge in [0.25, 0.3) is 5.91 Å². The van der Waals surface area contributed by atoms with Crippen molar-refractivity contribution < 1.29 is 23.1 Å². The molecule has 0 spiro atoms. The number of carboxylic acids is 1. The third kappa shape index (κ3) is 3.07. The van der Waals surface area contributed by atoms with Crippen LogP contribution in [0.4, 0.5) is 0 Å². The highest BCUT2D eigenvalue weighted by molar-refractivity contribution is 7.91. The Morgan fingerprint density at radius 2 is 1.95 bits per heavy atom. The number of carbonyl (C=O) groups is 2. The Kier molecular flexibility index (Phi) is 4.06. The fourth-order valence-electron chi connectivity index (χ4n) is 1.58. The molecule has 1 unspecified atom stereocenters. The number of rotatable bonds is 4. The highest BCUT2D eigenvalue weighted by Gasteiger charge is 2.25. The average Bonchev–Trinajstić information content (AvgIpc) is 2.93. The molecule has 114 valence electrons. The van der Waals surface area contributed by atoms with Crippen molar-refractivity contribution in [2.45, 2.75) is 17.2 Å². The zero-order chi connectivity index (χ0) is 15.9. The van der Waals surface area contributed by atoms with Crippen LogP contribution in [-0.4, -0.2) is 43.4 Å². The van der Waals surface area contributed by atoms with Gasteiger partial charge in [-0.2, -0.15) is 0 Å². The van der Waals surface area contributed by atoms with Gasteiger partial charge in [0.15, 0.2) is 0 Å². The number of amides is 1. The second-order valence-corrected chi connectivity index (χ2v) is 8.55. The van der Waals surface area contributed by atoms with Gasteiger partial charge in [0.1, 0.15) is 10.3 Å². The molecule has 0 saturated carbocycles. The Hall–Kier alpha value is -1.49. The molecule has 3 N–H and O–H groups in total. The van der Waals surface area contributed by atoms with E-state index >= 15 is 0 Å². The van der Waals surface area contributed by atoms with Crippen LogP contribution < -0.4 is 5.14 Å². The van der Waals surface area contributed by atoms with E-state index in [0.717, 1.165) is 27.6 Å². The minimum Gasteiger partial charge on any atom is -0.480 e. The number of likely N-dealkylation sites (N-methyl/N-ethyl adjacent to an activating group) is 1. The number of hydrogen-bond acceptors (Lipinski definition) is 6. The predicted octanol–water partition coefficient (Wildman–Crippen LogP) is 1.16. The van der Waals surface area contributed by atoms with Gasteiger partial charge in [-0.1, -0.05) is 0 Å². The van der Waals surface area contributed by atoms with E-state index in [1.165, 1.54) is 20.0 Å². The van der Waals surface area contributed by atoms with Crippen LogP contribution >= 0.6 is 22.7 Å². The van der Waals surface area contributed by atoms with Gasteiger partial charge in [-0.3, -0.25) is 4.79 Å². The predicted molar refractivity (Wildman–Crippen MR) is 80.3 cm³/mol. The highest BCUT2D eigenvalue weighted by Crippen LogP contribution is 2.35. The summed E-state index contributed by atoms with van der Waals surface area (Å²) in [5, 5.41) is 14.6. The molecule has 0 aliphatic carbocycles. The number of primary sulfonamides is 1. The quantitative estimate of drug-likeness (QED) is 0.859. The van der Waals surface area contributed by atoms with Crippen molar-refractivity contribution in [3.8, 4) is 0 Å². The summed E-state index contributed by atoms with van der Waals surface area (Å²) in [5.74, 6) is -1.52. The van der Waals surface area contributed by atoms with E-state index < -0.39 is 27.9 Å². The van der Waals surface area contributed by atoms with Crippen LogP contribution in [0.25, 0.3) is 9.40 Å². The van der Waals surface area contributed by atoms with Crippen molar-refractivity contribution >= 4 is 54.0 Å². The summed E-state index contributed by atoms with van der Waals surface area (Å²) < 4.78 is 23.2. The van der Waals surface area contributed by atoms with Gasteiger partial charge in [-0.15, -0.1) is 22.7 Å². The number of hydrogen-bond donors (Lipinski definition) is 2. The van der Waals surface area contributed by atoms with Crippen LogP contribution in [0.1, 0.15) is 16.6 Å². The smallest absolute Gasteiger partial charge is 0.326 e. The highest BCUT2D eigenvalue weighted by atomic mass is 32.2. The van der Waals surface area contributed by atoms with E-state index in [1.807, 2.05) is 0 Å². The molecule has 7 nitrogen and oxygen atoms in total. The van der Waals surface area contributed by atoms with Crippen molar-refractivity contribution in [1.29, 1.82) is 0 Å². The van der Waals surface area contributed by atoms with Gasteiger partial charge >= 0.3 is 5.97 Å². The monoisotopic (exact) mass is 348 g/mol. The van der Waals surface area contributed by atoms with Crippen LogP contribution in [0, 0.1) is 0 Å². The average molecular weight is 348 g/mol. The summed E-state index contributed by atoms with van der Waals surface area (Å²) in [4.78, 5) is 24.5. The molecule has 0 aliphatic rings. The normalized spacial score (nSPS) is 13.3. The first-order valence-corrected chi connectivity index (χ1v) is 8.85. The van der Waals surface area contributed by atoms with Crippen LogP contribution in [0.3, 0.4) is 0 Å². The number of nitrogens with two attached hydrogens (primary N) is 1. The first kappa shape index (κ1) is 15.9. The lowest BCUT2D eigenvalue weighted by Crippen LogP contribution is -2.39. The summed E-state index contributed by atoms with van der Waals surface area (Å²) in [7, 11) is -2.35. The van der Waals surface area contributed by atoms with Crippen molar-refractivity contribution in [1.82, 2.24) is 4.90 Å². The van der Waals surface area contributed by atoms with Gasteiger partial charge in [0.05, 0.1) is 8.89 Å². The molecule has 0 saturated heterocycles. The number of carboxylic acid groups (broad SMARTS) is 1. The van der Waals surface area contributed by atoms with Gasteiger partial charge in [-0.25, -0.2) is 18.4 Å². The van der Waals surface area contributed by atoms with Crippen LogP contribution in [0.15, 0.2) is 16.3 Å². The first-order valence-electron chi connectivity index (χ1n) is 5.67. The number of sulfonamides is 1. The minimum absolute atomic E-state index is 0.0370. The molecule has 1 amide bonds. The molecule has 0 aromatic carbocycles. The minimum atomic E-state index is -3.76. The lowest BCUT2D eigenvalue weighted by molar-refractivity contribution is -0.141. The number of fused-ring (bicyclic) bond motifs is 1. The Labute approximate surface area is 128 Å². The van der Waals surface area contributed by atoms with Crippen molar-refractivity contribution in [2.75, 3.05) is 7.05 Å². The lowest BCUT2D eigenvalue weighted by atomic mass is 10.2. The summed E-state index contributed by atoms with van der Waals surface area (Å²) in [5.41, 5.74) is 0. The molecule has 0 fully saturated rings. The van der Waals surface area contributed by atoms with Crippen molar-refractivity contribution in [3.05, 3.63) is 17.0 Å². The Morgan fingerprint density at radius 1 is 1.33 bits per heavy atom. The summed E-state index contributed by atoms with van der Waals surface area (Å²) in [6.45, 7) is 1.41. The van der Waals surface area contributed by atoms with E-state index in [-0.39, 0.29) is 4.21 Å². The third-order valence-electron chi connectivity index (χ3n) is 2.94. The molecule has 2 aromatic heterocycles. The summed E-state index contributed by atoms with van der Waals surface area (Å²) >= 11 is 2.10. The molecule has 0 radical (unpaired) electrons. The van der Waals surface area contributed by atoms with Gasteiger partial charge < -0.3 is 10.0 Å². The van der Waals surface area contributed by atoms with Gasteiger partial charge in [0.2, 0.25) is 10.0 Å². The number of nitrogens with zero attached hydrogens (tertiary/aromatic N) is 1. The first-order chi connectivity index (χ1) is 9.61. The fourth-order valence-corrected chi connectivity index (χ4v) is 4.90. The Morgan fingerprint density at radius 3 is 2.43 bits per heavy atom. The molecule has 2 heterocycles. The van der Waals surface area contributed by atoms with Crippen LogP contribution in [0.5, 0.6) is 0 Å². The zero-order valence-electron chi connectivity index (χ0n) is 11.1. The van der Waals surface area contributed by atoms with E-state index in [4.69, 9.17) is 10.2 Å². The molecule has 2 aromatic rings. The third-order valence-corrected chi connectivity index (χ3v) is 6.74. The molecular weight excluding hydrogens is 336 g/mol. The number of carbonyl (C=O) groups excluding carboxylic acids is 1. The topological polar surface area (TPSA) is 118 Å². The summed E-state index contributed by atoms with van der Waals surface area (Å²) in [6.07, 6.45) is 0.